The topological polar surface area (TPSA) is 0 Å². The average Bonchev–Trinajstić information content (AvgIpc) is 2.42. The molecular weight excluding hydrogens is 260 g/mol. The van der Waals surface area contributed by atoms with Crippen LogP contribution in [0.1, 0.15) is 59.3 Å². The molecular formula is C19H28S. The van der Waals surface area contributed by atoms with Crippen LogP contribution in [-0.4, -0.2) is 0 Å². The Bertz CT molecular complexity index is 430. The molecule has 0 heterocycles. The highest BCUT2D eigenvalue weighted by Gasteiger charge is 2.19. The van der Waals surface area contributed by atoms with Crippen LogP contribution in [0.5, 0.6) is 0 Å². The van der Waals surface area contributed by atoms with Crippen molar-refractivity contribution < 1.29 is 0 Å². The lowest BCUT2D eigenvalue weighted by Crippen LogP contribution is -2.07. The van der Waals surface area contributed by atoms with Crippen LogP contribution in [0.2, 0.25) is 0 Å². The summed E-state index contributed by atoms with van der Waals surface area (Å²) in [5.74, 6) is 1.71. The van der Waals surface area contributed by atoms with Gasteiger partial charge in [0.25, 0.3) is 0 Å². The molecule has 0 aliphatic heterocycles. The molecule has 1 heteroatoms. The molecule has 0 fully saturated rings. The van der Waals surface area contributed by atoms with E-state index in [4.69, 9.17) is 0 Å². The molecule has 20 heavy (non-hydrogen) atoms. The lowest BCUT2D eigenvalue weighted by molar-refractivity contribution is 0.447. The molecule has 1 aromatic rings. The van der Waals surface area contributed by atoms with E-state index in [2.05, 4.69) is 51.1 Å². The summed E-state index contributed by atoms with van der Waals surface area (Å²) in [5, 5.41) is 0. The van der Waals surface area contributed by atoms with Gasteiger partial charge in [-0.05, 0) is 48.1 Å². The van der Waals surface area contributed by atoms with Gasteiger partial charge >= 0.3 is 0 Å². The first kappa shape index (κ1) is 15.7. The number of benzene rings is 1. The van der Waals surface area contributed by atoms with Crippen molar-refractivity contribution in [3.63, 3.8) is 0 Å². The highest BCUT2D eigenvalue weighted by Crippen LogP contribution is 2.43. The summed E-state index contributed by atoms with van der Waals surface area (Å²) in [7, 11) is 0. The maximum absolute atomic E-state index is 2.43. The second kappa shape index (κ2) is 7.93. The van der Waals surface area contributed by atoms with E-state index in [1.54, 1.807) is 10.5 Å². The van der Waals surface area contributed by atoms with E-state index in [0.717, 1.165) is 11.8 Å². The largest absolute Gasteiger partial charge is 0.0946 e. The van der Waals surface area contributed by atoms with E-state index >= 15 is 0 Å². The predicted molar refractivity (Wildman–Crippen MR) is 91.0 cm³/mol. The molecule has 0 nitrogen and oxygen atoms in total. The Balaban J connectivity index is 1.78. The van der Waals surface area contributed by atoms with Gasteiger partial charge < -0.3 is 0 Å². The lowest BCUT2D eigenvalue weighted by atomic mass is 9.87. The van der Waals surface area contributed by atoms with Gasteiger partial charge in [-0.15, -0.1) is 0 Å². The summed E-state index contributed by atoms with van der Waals surface area (Å²) in [6.07, 6.45) is 8.14. The van der Waals surface area contributed by atoms with Crippen LogP contribution in [0.15, 0.2) is 45.7 Å². The van der Waals surface area contributed by atoms with E-state index in [1.807, 2.05) is 11.8 Å². The fraction of sp³-hybridized carbons (Fsp3) is 0.579. The Hall–Kier alpha value is -0.690. The van der Waals surface area contributed by atoms with Gasteiger partial charge in [0.2, 0.25) is 0 Å². The first-order chi connectivity index (χ1) is 9.65. The van der Waals surface area contributed by atoms with Crippen molar-refractivity contribution in [1.82, 2.24) is 0 Å². The van der Waals surface area contributed by atoms with Crippen molar-refractivity contribution in [2.24, 2.45) is 11.8 Å². The zero-order valence-corrected chi connectivity index (χ0v) is 14.0. The number of rotatable bonds is 8. The summed E-state index contributed by atoms with van der Waals surface area (Å²) < 4.78 is 0. The molecule has 0 bridgehead atoms. The number of allylic oxidation sites excluding steroid dienone is 2. The third-order valence-electron chi connectivity index (χ3n) is 4.11. The SMILES string of the molecule is CC(C)CCCC(C)CC1=C(Sc2ccccc2)CC1. The van der Waals surface area contributed by atoms with Gasteiger partial charge in [0.1, 0.15) is 0 Å². The van der Waals surface area contributed by atoms with Gasteiger partial charge in [-0.3, -0.25) is 0 Å². The minimum atomic E-state index is 0.856. The maximum atomic E-state index is 2.43. The lowest BCUT2D eigenvalue weighted by Gasteiger charge is -2.26. The van der Waals surface area contributed by atoms with Crippen molar-refractivity contribution >= 4 is 11.8 Å². The molecule has 0 saturated carbocycles. The Morgan fingerprint density at radius 3 is 2.35 bits per heavy atom. The van der Waals surface area contributed by atoms with Crippen molar-refractivity contribution in [2.75, 3.05) is 0 Å². The van der Waals surface area contributed by atoms with Crippen LogP contribution in [0.25, 0.3) is 0 Å². The fourth-order valence-corrected chi connectivity index (χ4v) is 3.88. The minimum absolute atomic E-state index is 0.856. The third-order valence-corrected chi connectivity index (χ3v) is 5.35. The van der Waals surface area contributed by atoms with E-state index in [9.17, 15) is 0 Å². The quantitative estimate of drug-likeness (QED) is 0.514. The molecule has 110 valence electrons. The standard InChI is InChI=1S/C19H28S/c1-15(2)8-7-9-16(3)14-17-12-13-19(17)20-18-10-5-4-6-11-18/h4-6,10-11,15-16H,7-9,12-14H2,1-3H3. The van der Waals surface area contributed by atoms with Crippen LogP contribution in [0.3, 0.4) is 0 Å². The first-order valence-electron chi connectivity index (χ1n) is 8.09. The van der Waals surface area contributed by atoms with Crippen molar-refractivity contribution in [3.05, 3.63) is 40.8 Å². The van der Waals surface area contributed by atoms with Crippen molar-refractivity contribution in [1.29, 1.82) is 0 Å². The molecule has 0 radical (unpaired) electrons. The Kier molecular flexibility index (Phi) is 6.22. The summed E-state index contributed by atoms with van der Waals surface area (Å²) in [6, 6.07) is 10.8. The van der Waals surface area contributed by atoms with Crippen molar-refractivity contribution in [2.45, 2.75) is 64.2 Å². The Morgan fingerprint density at radius 1 is 1.00 bits per heavy atom. The van der Waals surface area contributed by atoms with E-state index in [0.29, 0.717) is 0 Å². The van der Waals surface area contributed by atoms with E-state index in [-0.39, 0.29) is 0 Å². The molecule has 0 saturated heterocycles. The fourth-order valence-electron chi connectivity index (χ4n) is 2.77. The third kappa shape index (κ3) is 5.01. The normalized spacial score (nSPS) is 16.4. The first-order valence-corrected chi connectivity index (χ1v) is 8.90. The molecule has 1 aliphatic rings. The highest BCUT2D eigenvalue weighted by atomic mass is 32.2. The predicted octanol–water partition coefficient (Wildman–Crippen LogP) is 6.68. The molecule has 2 rings (SSSR count). The molecule has 0 aromatic heterocycles. The number of thioether (sulfide) groups is 1. The summed E-state index contributed by atoms with van der Waals surface area (Å²) in [5.41, 5.74) is 1.73. The van der Waals surface area contributed by atoms with E-state index in [1.165, 1.54) is 43.4 Å². The second-order valence-electron chi connectivity index (χ2n) is 6.58. The number of hydrogen-bond acceptors (Lipinski definition) is 1. The Labute approximate surface area is 129 Å². The van der Waals surface area contributed by atoms with Gasteiger partial charge in [-0.1, -0.05) is 75.6 Å². The summed E-state index contributed by atoms with van der Waals surface area (Å²) in [6.45, 7) is 7.08. The summed E-state index contributed by atoms with van der Waals surface area (Å²) >= 11 is 1.99. The summed E-state index contributed by atoms with van der Waals surface area (Å²) in [4.78, 5) is 3.04. The van der Waals surface area contributed by atoms with Crippen molar-refractivity contribution in [3.8, 4) is 0 Å². The minimum Gasteiger partial charge on any atom is -0.0946 e. The highest BCUT2D eigenvalue weighted by molar-refractivity contribution is 8.03. The van der Waals surface area contributed by atoms with Gasteiger partial charge in [-0.25, -0.2) is 0 Å². The van der Waals surface area contributed by atoms with Gasteiger partial charge in [-0.2, -0.15) is 0 Å². The van der Waals surface area contributed by atoms with Gasteiger partial charge in [0.05, 0.1) is 0 Å². The Morgan fingerprint density at radius 2 is 1.75 bits per heavy atom. The van der Waals surface area contributed by atoms with E-state index < -0.39 is 0 Å². The zero-order chi connectivity index (χ0) is 14.4. The monoisotopic (exact) mass is 288 g/mol. The molecule has 0 spiro atoms. The average molecular weight is 289 g/mol. The smallest absolute Gasteiger partial charge is 0.0119 e. The second-order valence-corrected chi connectivity index (χ2v) is 7.74. The molecule has 1 aliphatic carbocycles. The molecule has 0 amide bonds. The van der Waals surface area contributed by atoms with Gasteiger partial charge in [0.15, 0.2) is 0 Å². The van der Waals surface area contributed by atoms with Gasteiger partial charge in [0, 0.05) is 4.90 Å². The van der Waals surface area contributed by atoms with Crippen LogP contribution in [-0.2, 0) is 0 Å². The van der Waals surface area contributed by atoms with Crippen LogP contribution in [0.4, 0.5) is 0 Å². The van der Waals surface area contributed by atoms with Crippen LogP contribution in [0, 0.1) is 11.8 Å². The van der Waals surface area contributed by atoms with Crippen LogP contribution < -0.4 is 0 Å². The maximum Gasteiger partial charge on any atom is 0.0119 e. The zero-order valence-electron chi connectivity index (χ0n) is 13.2. The molecule has 0 N–H and O–H groups in total. The van der Waals surface area contributed by atoms with Crippen LogP contribution >= 0.6 is 11.8 Å². The number of hydrogen-bond donors (Lipinski definition) is 0. The molecule has 1 unspecified atom stereocenters. The molecule has 1 aromatic carbocycles. The molecule has 1 atom stereocenters.